The predicted octanol–water partition coefficient (Wildman–Crippen LogP) is 24.5. The van der Waals surface area contributed by atoms with Gasteiger partial charge in [0.25, 0.3) is 0 Å². The molecule has 0 N–H and O–H groups in total. The van der Waals surface area contributed by atoms with Gasteiger partial charge in [-0.3, -0.25) is 0 Å². The highest BCUT2D eigenvalue weighted by atomic mass is 16.3. The summed E-state index contributed by atoms with van der Waals surface area (Å²) in [5.74, 6) is 0. The van der Waals surface area contributed by atoms with Crippen molar-refractivity contribution < 1.29 is 4.42 Å². The van der Waals surface area contributed by atoms with E-state index in [0.717, 1.165) is 27.3 Å². The lowest BCUT2D eigenvalue weighted by Crippen LogP contribution is -1.91. The van der Waals surface area contributed by atoms with Crippen LogP contribution in [0.4, 0.5) is 0 Å². The fraction of sp³-hybridized carbons (Fsp3) is 0. The van der Waals surface area contributed by atoms with Gasteiger partial charge in [-0.05, 0) is 195 Å². The van der Waals surface area contributed by atoms with Crippen molar-refractivity contribution in [3.05, 3.63) is 315 Å². The monoisotopic (exact) mass is 1100 g/mol. The second-order valence-corrected chi connectivity index (χ2v) is 23.3. The molecule has 0 saturated carbocycles. The van der Waals surface area contributed by atoms with Crippen molar-refractivity contribution in [1.82, 2.24) is 0 Å². The Morgan fingerprint density at radius 1 is 0.172 bits per heavy atom. The molecule has 0 fully saturated rings. The van der Waals surface area contributed by atoms with Gasteiger partial charge in [0, 0.05) is 16.2 Å². The van der Waals surface area contributed by atoms with Gasteiger partial charge in [0.15, 0.2) is 0 Å². The molecule has 0 radical (unpaired) electrons. The molecular weight excluding hydrogens is 1050 g/mol. The van der Waals surface area contributed by atoms with E-state index in [0.29, 0.717) is 0 Å². The van der Waals surface area contributed by atoms with Crippen LogP contribution < -0.4 is 0 Å². The summed E-state index contributed by atoms with van der Waals surface area (Å²) in [6.07, 6.45) is 0. The first-order valence-electron chi connectivity index (χ1n) is 30.1. The van der Waals surface area contributed by atoms with Gasteiger partial charge in [0.2, 0.25) is 0 Å². The zero-order chi connectivity index (χ0) is 57.1. The lowest BCUT2D eigenvalue weighted by Gasteiger charge is -2.18. The fourth-order valence-electron chi connectivity index (χ4n) is 14.7. The van der Waals surface area contributed by atoms with Crippen molar-refractivity contribution >= 4 is 119 Å². The van der Waals surface area contributed by atoms with Crippen LogP contribution in [-0.4, -0.2) is 0 Å². The molecule has 0 unspecified atom stereocenters. The van der Waals surface area contributed by atoms with E-state index in [9.17, 15) is 0 Å². The minimum Gasteiger partial charge on any atom is -0.455 e. The molecule has 0 aliphatic rings. The molecule has 0 saturated heterocycles. The summed E-state index contributed by atoms with van der Waals surface area (Å²) in [4.78, 5) is 0. The Bertz CT molecular complexity index is 5670. The first-order chi connectivity index (χ1) is 43.1. The molecule has 1 heteroatoms. The van der Waals surface area contributed by atoms with Crippen molar-refractivity contribution in [3.63, 3.8) is 0 Å². The zero-order valence-corrected chi connectivity index (χ0v) is 47.4. The van der Waals surface area contributed by atoms with E-state index >= 15 is 0 Å². The summed E-state index contributed by atoms with van der Waals surface area (Å²) in [6, 6.07) is 115. The summed E-state index contributed by atoms with van der Waals surface area (Å²) in [7, 11) is 0. The molecule has 1 nitrogen and oxygen atoms in total. The van der Waals surface area contributed by atoms with Gasteiger partial charge in [-0.1, -0.05) is 279 Å². The van der Waals surface area contributed by atoms with Crippen LogP contribution in [-0.2, 0) is 0 Å². The molecule has 0 aliphatic heterocycles. The topological polar surface area (TPSA) is 13.1 Å². The number of fused-ring (bicyclic) bond motifs is 7. The first-order valence-corrected chi connectivity index (χ1v) is 30.1. The molecule has 0 aliphatic carbocycles. The largest absolute Gasteiger partial charge is 0.455 e. The molecule has 87 heavy (non-hydrogen) atoms. The van der Waals surface area contributed by atoms with Crippen LogP contribution in [0.5, 0.6) is 0 Å². The van der Waals surface area contributed by atoms with Crippen LogP contribution in [0.3, 0.4) is 0 Å². The van der Waals surface area contributed by atoms with Gasteiger partial charge < -0.3 is 4.42 Å². The Morgan fingerprint density at radius 3 is 1.13 bits per heavy atom. The molecule has 0 atom stereocenters. The summed E-state index contributed by atoms with van der Waals surface area (Å²) in [6.45, 7) is 0. The van der Waals surface area contributed by atoms with E-state index in [1.54, 1.807) is 0 Å². The Morgan fingerprint density at radius 2 is 0.552 bits per heavy atom. The summed E-state index contributed by atoms with van der Waals surface area (Å²) >= 11 is 0. The van der Waals surface area contributed by atoms with Crippen molar-refractivity contribution in [2.45, 2.75) is 0 Å². The maximum atomic E-state index is 6.60. The zero-order valence-electron chi connectivity index (χ0n) is 47.4. The summed E-state index contributed by atoms with van der Waals surface area (Å²) in [5, 5.41) is 25.4. The van der Waals surface area contributed by atoms with Crippen LogP contribution in [0.1, 0.15) is 0 Å². The van der Waals surface area contributed by atoms with Crippen LogP contribution in [0, 0.1) is 0 Å². The number of benzene rings is 18. The first kappa shape index (κ1) is 49.1. The smallest absolute Gasteiger partial charge is 0.143 e. The van der Waals surface area contributed by atoms with Crippen molar-refractivity contribution in [3.8, 4) is 66.8 Å². The van der Waals surface area contributed by atoms with Crippen LogP contribution in [0.25, 0.3) is 186 Å². The number of hydrogen-bond donors (Lipinski definition) is 0. The minimum absolute atomic E-state index is 0.914. The maximum Gasteiger partial charge on any atom is 0.143 e. The van der Waals surface area contributed by atoms with E-state index in [4.69, 9.17) is 4.42 Å². The van der Waals surface area contributed by atoms with Crippen LogP contribution >= 0.6 is 0 Å². The molecule has 18 aromatic carbocycles. The Hall–Kier alpha value is -11.4. The van der Waals surface area contributed by atoms with E-state index in [1.165, 1.54) is 158 Å². The molecule has 1 heterocycles. The fourth-order valence-corrected chi connectivity index (χ4v) is 14.7. The molecule has 1 aromatic heterocycles. The average molecular weight is 1100 g/mol. The van der Waals surface area contributed by atoms with E-state index in [1.807, 2.05) is 0 Å². The Labute approximate surface area is 502 Å². The number of rotatable bonds is 6. The lowest BCUT2D eigenvalue weighted by molar-refractivity contribution is 0.673. The van der Waals surface area contributed by atoms with Gasteiger partial charge in [-0.15, -0.1) is 0 Å². The molecule has 0 spiro atoms. The summed E-state index contributed by atoms with van der Waals surface area (Å²) in [5.41, 5.74) is 16.7. The van der Waals surface area contributed by atoms with Crippen molar-refractivity contribution in [1.29, 1.82) is 0 Å². The molecule has 19 rings (SSSR count). The van der Waals surface area contributed by atoms with E-state index in [-0.39, 0.29) is 0 Å². The SMILES string of the molecule is c1ccc(-c2cc(-c3ccc4ccc5cccc6ccc3c4c56)cc(-c3ccc4ccc5cccc6ccc3c4c56)c2)cc1.c1ccc(-c2cccc(-c3c4ccccc4c(-c4cccc5oc6c7ccccc7ccc6c45)c4ccccc34)c2)cc1. The molecule has 402 valence electrons. The normalized spacial score (nSPS) is 11.9. The van der Waals surface area contributed by atoms with Crippen molar-refractivity contribution in [2.24, 2.45) is 0 Å². The standard InChI is InChI=1S/C44H26.C42H26O/c1-2-6-27(7-3-1)34-24-35(37-20-16-32-14-12-28-8-4-10-30-18-22-39(37)43(32)41(28)30)26-36(25-34)38-21-17-33-15-13-29-9-5-11-31-19-23-40(38)44(33)42(29)31;1-2-12-27(13-3-1)29-15-10-16-30(26-29)39-32-18-6-8-20-34(32)40(35-21-9-7-19-33(35)39)36-22-11-23-38-41(36)37-25-24-28-14-4-5-17-31(28)42(37)43-38/h1-26H;1-26H. The van der Waals surface area contributed by atoms with Crippen LogP contribution in [0.15, 0.2) is 320 Å². The average Bonchev–Trinajstić information content (AvgIpc) is 1.95. The highest BCUT2D eigenvalue weighted by Crippen LogP contribution is 2.49. The number of furan rings is 1. The summed E-state index contributed by atoms with van der Waals surface area (Å²) < 4.78 is 6.60. The molecule has 19 aromatic rings. The van der Waals surface area contributed by atoms with Gasteiger partial charge in [-0.25, -0.2) is 0 Å². The third kappa shape index (κ3) is 7.80. The highest BCUT2D eigenvalue weighted by Gasteiger charge is 2.22. The minimum atomic E-state index is 0.914. The van der Waals surface area contributed by atoms with Crippen molar-refractivity contribution in [2.75, 3.05) is 0 Å². The third-order valence-corrected chi connectivity index (χ3v) is 18.6. The second kappa shape index (κ2) is 19.6. The highest BCUT2D eigenvalue weighted by molar-refractivity contribution is 6.29. The third-order valence-electron chi connectivity index (χ3n) is 18.6. The maximum absolute atomic E-state index is 6.60. The lowest BCUT2D eigenvalue weighted by atomic mass is 9.84. The van der Waals surface area contributed by atoms with Crippen LogP contribution in [0.2, 0.25) is 0 Å². The Kier molecular flexibility index (Phi) is 11.1. The molecular formula is C86H52O. The van der Waals surface area contributed by atoms with E-state index in [2.05, 4.69) is 315 Å². The van der Waals surface area contributed by atoms with Gasteiger partial charge in [-0.2, -0.15) is 0 Å². The van der Waals surface area contributed by atoms with Gasteiger partial charge >= 0.3 is 0 Å². The van der Waals surface area contributed by atoms with Gasteiger partial charge in [0.05, 0.1) is 0 Å². The van der Waals surface area contributed by atoms with Gasteiger partial charge in [0.1, 0.15) is 11.2 Å². The quantitative estimate of drug-likeness (QED) is 0.119. The molecule has 0 amide bonds. The van der Waals surface area contributed by atoms with E-state index < -0.39 is 0 Å². The Balaban J connectivity index is 0.000000131. The predicted molar refractivity (Wildman–Crippen MR) is 373 cm³/mol. The molecule has 0 bridgehead atoms. The number of hydrogen-bond acceptors (Lipinski definition) is 1. The second-order valence-electron chi connectivity index (χ2n) is 23.3.